The zero-order chi connectivity index (χ0) is 29.8. The molecule has 4 aromatic rings. The molecular formula is C31H31FN6O4Se. The Bertz CT molecular complexity index is 1660. The molecule has 0 N–H and O–H groups in total. The second kappa shape index (κ2) is 13.2. The second-order valence-corrected chi connectivity index (χ2v) is 13.3. The average molecular weight is 650 g/mol. The molecule has 43 heavy (non-hydrogen) atoms. The fourth-order valence-corrected chi connectivity index (χ4v) is 7.55. The summed E-state index contributed by atoms with van der Waals surface area (Å²) in [7, 11) is 1.39. The van der Waals surface area contributed by atoms with Gasteiger partial charge in [-0.3, -0.25) is 0 Å². The Morgan fingerprint density at radius 1 is 1.16 bits per heavy atom. The molecule has 2 aromatic heterocycles. The Morgan fingerprint density at radius 2 is 2.00 bits per heavy atom. The first-order chi connectivity index (χ1) is 21.0. The van der Waals surface area contributed by atoms with Crippen molar-refractivity contribution in [2.75, 3.05) is 26.8 Å². The summed E-state index contributed by atoms with van der Waals surface area (Å²) in [4.78, 5) is 29.1. The van der Waals surface area contributed by atoms with E-state index in [2.05, 4.69) is 19.4 Å². The fraction of sp³-hybridized carbons (Fsp3) is 0.387. The van der Waals surface area contributed by atoms with E-state index in [1.807, 2.05) is 24.3 Å². The van der Waals surface area contributed by atoms with E-state index < -0.39 is 5.82 Å². The van der Waals surface area contributed by atoms with Crippen LogP contribution < -0.4 is 9.33 Å². The fourth-order valence-electron chi connectivity index (χ4n) is 5.28. The minimum atomic E-state index is -0.580. The maximum absolute atomic E-state index is 14.2. The van der Waals surface area contributed by atoms with Crippen molar-refractivity contribution in [3.63, 3.8) is 0 Å². The molecule has 0 radical (unpaired) electrons. The number of rotatable bonds is 10. The summed E-state index contributed by atoms with van der Waals surface area (Å²) in [6, 6.07) is 13.5. The monoisotopic (exact) mass is 650 g/mol. The molecule has 6 rings (SSSR count). The average Bonchev–Trinajstić information content (AvgIpc) is 3.34. The van der Waals surface area contributed by atoms with Crippen LogP contribution in [0.2, 0.25) is 4.82 Å². The van der Waals surface area contributed by atoms with Crippen LogP contribution >= 0.6 is 0 Å². The van der Waals surface area contributed by atoms with Gasteiger partial charge in [-0.2, -0.15) is 0 Å². The summed E-state index contributed by atoms with van der Waals surface area (Å²) in [6.45, 7) is 4.21. The van der Waals surface area contributed by atoms with Crippen molar-refractivity contribution in [3.8, 4) is 11.8 Å². The van der Waals surface area contributed by atoms with E-state index in [9.17, 15) is 9.18 Å². The summed E-state index contributed by atoms with van der Waals surface area (Å²) in [5.74, 6) is 0.622. The van der Waals surface area contributed by atoms with E-state index in [1.54, 1.807) is 12.3 Å². The standard InChI is InChI=1S/C31H31FN6O4Se/c1-40-31(39)21-3-4-25-26(15-21)38(17-22-9-13-41-22)29(35-25)18-37-11-7-23(8-12-37)43-30-6-10-34-28(36-30)19-42-27-5-2-20(16-33)14-24(27)32/h2-6,10,14-15,22-23H,7-9,11-13,17-19H2,1H3/t22-/m0/s1. The summed E-state index contributed by atoms with van der Waals surface area (Å²) < 4.78 is 33.6. The van der Waals surface area contributed by atoms with Crippen LogP contribution in [0.5, 0.6) is 5.75 Å². The Morgan fingerprint density at radius 3 is 2.72 bits per heavy atom. The number of halogens is 1. The maximum atomic E-state index is 14.2. The molecule has 12 heteroatoms. The number of ether oxygens (including phenoxy) is 3. The first-order valence-corrected chi connectivity index (χ1v) is 16.1. The van der Waals surface area contributed by atoms with Gasteiger partial charge in [0.2, 0.25) is 0 Å². The number of carbonyl (C=O) groups is 1. The number of nitrogens with zero attached hydrogens (tertiary/aromatic N) is 6. The number of fused-ring (bicyclic) bond motifs is 1. The second-order valence-electron chi connectivity index (χ2n) is 10.6. The molecule has 0 saturated carbocycles. The third kappa shape index (κ3) is 6.86. The van der Waals surface area contributed by atoms with Crippen molar-refractivity contribution in [3.05, 3.63) is 77.3 Å². The summed E-state index contributed by atoms with van der Waals surface area (Å²) in [5.41, 5.74) is 2.55. The molecule has 2 aliphatic rings. The first-order valence-electron chi connectivity index (χ1n) is 14.2. The van der Waals surface area contributed by atoms with Gasteiger partial charge in [0.05, 0.1) is 7.11 Å². The van der Waals surface area contributed by atoms with Gasteiger partial charge in [-0.1, -0.05) is 0 Å². The Balaban J connectivity index is 1.06. The molecular weight excluding hydrogens is 618 g/mol. The SMILES string of the molecule is COC(=O)c1ccc2nc(CN3CCC([Se]c4ccnc(COc5ccc(C#N)cc5F)n4)CC3)n(C[C@@H]3CCO3)c2c1. The Hall–Kier alpha value is -3.88. The molecule has 0 bridgehead atoms. The number of hydrogen-bond acceptors (Lipinski definition) is 9. The van der Waals surface area contributed by atoms with Gasteiger partial charge in [0.1, 0.15) is 0 Å². The zero-order valence-electron chi connectivity index (χ0n) is 23.7. The number of benzene rings is 2. The summed E-state index contributed by atoms with van der Waals surface area (Å²) in [6.07, 6.45) is 5.04. The number of imidazole rings is 1. The van der Waals surface area contributed by atoms with Gasteiger partial charge in [-0.25, -0.2) is 0 Å². The Kier molecular flexibility index (Phi) is 8.95. The van der Waals surface area contributed by atoms with Crippen molar-refractivity contribution in [1.82, 2.24) is 24.4 Å². The van der Waals surface area contributed by atoms with Crippen molar-refractivity contribution < 1.29 is 23.4 Å². The number of carbonyl (C=O) groups excluding carboxylic acids is 1. The predicted octanol–water partition coefficient (Wildman–Crippen LogP) is 3.41. The van der Waals surface area contributed by atoms with Gasteiger partial charge < -0.3 is 0 Å². The molecule has 0 spiro atoms. The first kappa shape index (κ1) is 29.2. The van der Waals surface area contributed by atoms with Gasteiger partial charge >= 0.3 is 248 Å². The Labute approximate surface area is 255 Å². The number of nitriles is 1. The number of aromatic nitrogens is 4. The predicted molar refractivity (Wildman–Crippen MR) is 157 cm³/mol. The van der Waals surface area contributed by atoms with Gasteiger partial charge in [-0.15, -0.1) is 0 Å². The van der Waals surface area contributed by atoms with E-state index in [0.29, 0.717) is 22.7 Å². The summed E-state index contributed by atoms with van der Waals surface area (Å²) >= 11 is 0.169. The summed E-state index contributed by atoms with van der Waals surface area (Å²) in [5, 5.41) is 8.92. The van der Waals surface area contributed by atoms with E-state index in [-0.39, 0.29) is 44.9 Å². The van der Waals surface area contributed by atoms with Crippen LogP contribution in [0.25, 0.3) is 11.0 Å². The number of hydrogen-bond donors (Lipinski definition) is 0. The van der Waals surface area contributed by atoms with Crippen LogP contribution in [0.1, 0.15) is 46.8 Å². The third-order valence-electron chi connectivity index (χ3n) is 7.71. The van der Waals surface area contributed by atoms with Gasteiger partial charge in [0.25, 0.3) is 0 Å². The van der Waals surface area contributed by atoms with E-state index in [0.717, 1.165) is 73.0 Å². The molecule has 2 aromatic carbocycles. The number of likely N-dealkylation sites (tertiary alicyclic amines) is 1. The normalized spacial score (nSPS) is 17.4. The van der Waals surface area contributed by atoms with Crippen molar-refractivity contribution in [2.45, 2.75) is 49.9 Å². The van der Waals surface area contributed by atoms with Gasteiger partial charge in [0.15, 0.2) is 0 Å². The van der Waals surface area contributed by atoms with E-state index >= 15 is 0 Å². The molecule has 1 atom stereocenters. The van der Waals surface area contributed by atoms with Crippen LogP contribution in [0.3, 0.4) is 0 Å². The quantitative estimate of drug-likeness (QED) is 0.188. The van der Waals surface area contributed by atoms with Gasteiger partial charge in [0, 0.05) is 0 Å². The number of esters is 1. The van der Waals surface area contributed by atoms with Crippen LogP contribution in [-0.4, -0.2) is 78.3 Å². The third-order valence-corrected chi connectivity index (χ3v) is 10.4. The van der Waals surface area contributed by atoms with Crippen molar-refractivity contribution >= 4 is 36.6 Å². The number of piperidine rings is 1. The van der Waals surface area contributed by atoms with Gasteiger partial charge in [-0.05, 0) is 0 Å². The molecule has 0 unspecified atom stereocenters. The van der Waals surface area contributed by atoms with E-state index in [4.69, 9.17) is 24.5 Å². The number of methoxy groups -OCH3 is 1. The topological polar surface area (TPSA) is 115 Å². The van der Waals surface area contributed by atoms with Crippen LogP contribution in [0.4, 0.5) is 4.39 Å². The molecule has 0 aliphatic carbocycles. The molecule has 2 saturated heterocycles. The van der Waals surface area contributed by atoms with Crippen molar-refractivity contribution in [1.29, 1.82) is 5.26 Å². The zero-order valence-corrected chi connectivity index (χ0v) is 25.5. The molecule has 0 amide bonds. The van der Waals surface area contributed by atoms with Crippen molar-refractivity contribution in [2.24, 2.45) is 0 Å². The van der Waals surface area contributed by atoms with Crippen LogP contribution in [0.15, 0.2) is 48.7 Å². The molecule has 2 fully saturated rings. The minimum absolute atomic E-state index is 0.0548. The van der Waals surface area contributed by atoms with Crippen LogP contribution in [0, 0.1) is 17.1 Å². The molecule has 4 heterocycles. The molecule has 2 aliphatic heterocycles. The molecule has 222 valence electrons. The van der Waals surface area contributed by atoms with E-state index in [1.165, 1.54) is 19.2 Å². The molecule has 10 nitrogen and oxygen atoms in total. The van der Waals surface area contributed by atoms with Crippen LogP contribution in [-0.2, 0) is 29.2 Å².